The lowest BCUT2D eigenvalue weighted by atomic mass is 10.3. The van der Waals surface area contributed by atoms with Crippen LogP contribution in [-0.2, 0) is 6.54 Å². The van der Waals surface area contributed by atoms with Crippen molar-refractivity contribution in [1.82, 2.24) is 9.55 Å². The molecule has 0 aliphatic carbocycles. The van der Waals surface area contributed by atoms with Gasteiger partial charge in [-0.1, -0.05) is 17.7 Å². The summed E-state index contributed by atoms with van der Waals surface area (Å²) in [6, 6.07) is 5.57. The molecule has 1 aromatic carbocycles. The van der Waals surface area contributed by atoms with Crippen LogP contribution in [0.2, 0.25) is 5.02 Å². The molecule has 0 bridgehead atoms. The Kier molecular flexibility index (Phi) is 3.86. The van der Waals surface area contributed by atoms with Crippen LogP contribution in [0.1, 0.15) is 0 Å². The van der Waals surface area contributed by atoms with Gasteiger partial charge in [0.05, 0.1) is 5.69 Å². The Hall–Kier alpha value is -1.26. The van der Waals surface area contributed by atoms with E-state index in [1.807, 2.05) is 35.0 Å². The second kappa shape index (κ2) is 5.38. The van der Waals surface area contributed by atoms with Crippen LogP contribution in [0.5, 0.6) is 0 Å². The first-order valence-corrected chi connectivity index (χ1v) is 6.22. The van der Waals surface area contributed by atoms with Gasteiger partial charge in [-0.3, -0.25) is 0 Å². The zero-order valence-electron chi connectivity index (χ0n) is 9.03. The molecule has 2 rings (SSSR count). The smallest absolute Gasteiger partial charge is 0.207 e. The van der Waals surface area contributed by atoms with Gasteiger partial charge in [-0.05, 0) is 34.1 Å². The maximum Gasteiger partial charge on any atom is 0.207 e. The number of aromatic nitrogens is 2. The van der Waals surface area contributed by atoms with Crippen molar-refractivity contribution in [3.63, 3.8) is 0 Å². The predicted octanol–water partition coefficient (Wildman–Crippen LogP) is 4.23. The third kappa shape index (κ3) is 2.90. The number of imidazole rings is 1. The number of halogens is 2. The van der Waals surface area contributed by atoms with E-state index in [1.54, 1.807) is 6.20 Å². The molecule has 3 nitrogen and oxygen atoms in total. The fraction of sp³-hybridized carbons (Fsp3) is 0.0833. The van der Waals surface area contributed by atoms with Crippen LogP contribution in [0.4, 0.5) is 11.6 Å². The average Bonchev–Trinajstić information content (AvgIpc) is 2.72. The predicted molar refractivity (Wildman–Crippen MR) is 74.9 cm³/mol. The molecule has 1 heterocycles. The minimum Gasteiger partial charge on any atom is -0.325 e. The summed E-state index contributed by atoms with van der Waals surface area (Å²) in [7, 11) is 0. The molecule has 0 fully saturated rings. The lowest BCUT2D eigenvalue weighted by Gasteiger charge is -2.09. The van der Waals surface area contributed by atoms with Crippen LogP contribution < -0.4 is 5.32 Å². The quantitative estimate of drug-likeness (QED) is 0.856. The number of anilines is 2. The number of hydrogen-bond donors (Lipinski definition) is 1. The molecule has 0 aliphatic heterocycles. The minimum absolute atomic E-state index is 0.678. The molecular weight excluding hydrogens is 302 g/mol. The van der Waals surface area contributed by atoms with Gasteiger partial charge in [-0.25, -0.2) is 4.98 Å². The molecule has 17 heavy (non-hydrogen) atoms. The van der Waals surface area contributed by atoms with Gasteiger partial charge >= 0.3 is 0 Å². The maximum absolute atomic E-state index is 5.95. The van der Waals surface area contributed by atoms with E-state index in [9.17, 15) is 0 Å². The van der Waals surface area contributed by atoms with Crippen molar-refractivity contribution in [1.29, 1.82) is 0 Å². The highest BCUT2D eigenvalue weighted by atomic mass is 79.9. The summed E-state index contributed by atoms with van der Waals surface area (Å²) in [5, 5.41) is 3.90. The maximum atomic E-state index is 5.95. The lowest BCUT2D eigenvalue weighted by molar-refractivity contribution is 0.833. The van der Waals surface area contributed by atoms with Gasteiger partial charge in [-0.2, -0.15) is 0 Å². The zero-order chi connectivity index (χ0) is 12.3. The van der Waals surface area contributed by atoms with Crippen molar-refractivity contribution in [3.8, 4) is 0 Å². The first-order valence-electron chi connectivity index (χ1n) is 5.05. The van der Waals surface area contributed by atoms with Crippen molar-refractivity contribution in [2.24, 2.45) is 0 Å². The van der Waals surface area contributed by atoms with Gasteiger partial charge < -0.3 is 9.88 Å². The first-order chi connectivity index (χ1) is 8.20. The van der Waals surface area contributed by atoms with Gasteiger partial charge in [0.15, 0.2) is 0 Å². The SMILES string of the molecule is C=CCn1ccnc1Nc1cc(Cl)ccc1Br. The number of rotatable bonds is 4. The Morgan fingerprint density at radius 3 is 3.12 bits per heavy atom. The second-order valence-electron chi connectivity index (χ2n) is 3.44. The van der Waals surface area contributed by atoms with E-state index < -0.39 is 0 Å². The van der Waals surface area contributed by atoms with E-state index in [4.69, 9.17) is 11.6 Å². The molecule has 0 atom stereocenters. The molecule has 5 heteroatoms. The molecule has 0 unspecified atom stereocenters. The molecule has 0 radical (unpaired) electrons. The van der Waals surface area contributed by atoms with Crippen molar-refractivity contribution in [2.45, 2.75) is 6.54 Å². The van der Waals surface area contributed by atoms with Gasteiger partial charge in [0.25, 0.3) is 0 Å². The third-order valence-electron chi connectivity index (χ3n) is 2.22. The standard InChI is InChI=1S/C12H11BrClN3/c1-2-6-17-7-5-15-12(17)16-11-8-9(14)3-4-10(11)13/h2-5,7-8H,1,6H2,(H,15,16). The highest BCUT2D eigenvalue weighted by molar-refractivity contribution is 9.10. The number of benzene rings is 1. The molecule has 2 aromatic rings. The average molecular weight is 313 g/mol. The van der Waals surface area contributed by atoms with Crippen LogP contribution in [-0.4, -0.2) is 9.55 Å². The van der Waals surface area contributed by atoms with Crippen molar-refractivity contribution in [3.05, 3.63) is 52.7 Å². The highest BCUT2D eigenvalue weighted by Gasteiger charge is 2.05. The lowest BCUT2D eigenvalue weighted by Crippen LogP contribution is -2.02. The van der Waals surface area contributed by atoms with Gasteiger partial charge in [0.2, 0.25) is 5.95 Å². The summed E-state index contributed by atoms with van der Waals surface area (Å²) in [5.74, 6) is 0.757. The fourth-order valence-corrected chi connectivity index (χ4v) is 1.95. The number of hydrogen-bond acceptors (Lipinski definition) is 2. The second-order valence-corrected chi connectivity index (χ2v) is 4.73. The van der Waals surface area contributed by atoms with E-state index in [0.717, 1.165) is 16.1 Å². The first kappa shape index (κ1) is 12.2. The molecule has 1 N–H and O–H groups in total. The van der Waals surface area contributed by atoms with Crippen LogP contribution in [0, 0.1) is 0 Å². The van der Waals surface area contributed by atoms with Gasteiger partial charge in [0, 0.05) is 28.4 Å². The van der Waals surface area contributed by atoms with E-state index in [0.29, 0.717) is 11.6 Å². The van der Waals surface area contributed by atoms with Crippen LogP contribution in [0.15, 0.2) is 47.7 Å². The number of nitrogens with zero attached hydrogens (tertiary/aromatic N) is 2. The van der Waals surface area contributed by atoms with Gasteiger partial charge in [-0.15, -0.1) is 6.58 Å². The Morgan fingerprint density at radius 1 is 1.53 bits per heavy atom. The summed E-state index contributed by atoms with van der Waals surface area (Å²) in [6.45, 7) is 4.42. The Morgan fingerprint density at radius 2 is 2.35 bits per heavy atom. The number of allylic oxidation sites excluding steroid dienone is 1. The van der Waals surface area contributed by atoms with E-state index in [1.165, 1.54) is 0 Å². The molecule has 0 aliphatic rings. The van der Waals surface area contributed by atoms with Crippen LogP contribution in [0.25, 0.3) is 0 Å². The molecule has 1 aromatic heterocycles. The zero-order valence-corrected chi connectivity index (χ0v) is 11.4. The minimum atomic E-state index is 0.678. The molecule has 0 saturated heterocycles. The van der Waals surface area contributed by atoms with Crippen molar-refractivity contribution >= 4 is 39.2 Å². The molecule has 88 valence electrons. The highest BCUT2D eigenvalue weighted by Crippen LogP contribution is 2.28. The van der Waals surface area contributed by atoms with Gasteiger partial charge in [0.1, 0.15) is 0 Å². The Labute approximate surface area is 113 Å². The van der Waals surface area contributed by atoms with Crippen molar-refractivity contribution in [2.75, 3.05) is 5.32 Å². The van der Waals surface area contributed by atoms with E-state index in [2.05, 4.69) is 32.8 Å². The Balaban J connectivity index is 2.27. The van der Waals surface area contributed by atoms with Crippen molar-refractivity contribution < 1.29 is 0 Å². The van der Waals surface area contributed by atoms with E-state index >= 15 is 0 Å². The topological polar surface area (TPSA) is 29.9 Å². The largest absolute Gasteiger partial charge is 0.325 e. The summed E-state index contributed by atoms with van der Waals surface area (Å²) in [6.07, 6.45) is 5.45. The van der Waals surface area contributed by atoms with Crippen LogP contribution >= 0.6 is 27.5 Å². The Bertz CT molecular complexity index is 536. The molecule has 0 amide bonds. The third-order valence-corrected chi connectivity index (χ3v) is 3.14. The summed E-state index contributed by atoms with van der Waals surface area (Å²) in [5.41, 5.74) is 0.883. The molecule has 0 saturated carbocycles. The number of nitrogens with one attached hydrogen (secondary N) is 1. The molecule has 0 spiro atoms. The van der Waals surface area contributed by atoms with E-state index in [-0.39, 0.29) is 0 Å². The normalized spacial score (nSPS) is 10.2. The summed E-state index contributed by atoms with van der Waals surface area (Å²) >= 11 is 9.42. The van der Waals surface area contributed by atoms with Crippen LogP contribution in [0.3, 0.4) is 0 Å². The molecular formula is C12H11BrClN3. The monoisotopic (exact) mass is 311 g/mol. The summed E-state index contributed by atoms with van der Waals surface area (Å²) in [4.78, 5) is 4.24. The summed E-state index contributed by atoms with van der Waals surface area (Å²) < 4.78 is 2.90. The fourth-order valence-electron chi connectivity index (χ4n) is 1.43.